The van der Waals surface area contributed by atoms with Gasteiger partial charge in [0.2, 0.25) is 5.78 Å². The fourth-order valence-electron chi connectivity index (χ4n) is 3.52. The summed E-state index contributed by atoms with van der Waals surface area (Å²) in [6.07, 6.45) is 6.09. The maximum Gasteiger partial charge on any atom is 0.259 e. The predicted octanol–water partition coefficient (Wildman–Crippen LogP) is 4.71. The molecule has 1 N–H and O–H groups in total. The summed E-state index contributed by atoms with van der Waals surface area (Å²) >= 11 is 6.94. The number of halogens is 2. The molecule has 0 aliphatic carbocycles. The number of pyridine rings is 2. The third kappa shape index (κ3) is 4.87. The highest BCUT2D eigenvalue weighted by atomic mass is 35.5. The van der Waals surface area contributed by atoms with Gasteiger partial charge in [0.1, 0.15) is 11.9 Å². The van der Waals surface area contributed by atoms with Crippen LogP contribution in [-0.2, 0) is 4.74 Å². The van der Waals surface area contributed by atoms with Gasteiger partial charge in [-0.2, -0.15) is 0 Å². The fraction of sp³-hybridized carbons (Fsp3) is 0.318. The number of nitrogens with zero attached hydrogens (tertiary/aromatic N) is 3. The van der Waals surface area contributed by atoms with E-state index in [1.54, 1.807) is 13.0 Å². The standard InChI is InChI=1S/C22H20ClFN4O4S/c1-11-7-12(17-15(31-2)9-26-20(23)18(17)24)13(8-25-11)21(30)28-22-27-10-16(33-22)19(29)14-5-3-4-6-32-14/h7-10,14H,3-6H2,1-2H3,(H,27,28,30)/t14-/m0/s1. The van der Waals surface area contributed by atoms with Crippen LogP contribution in [0.2, 0.25) is 5.15 Å². The lowest BCUT2D eigenvalue weighted by Gasteiger charge is -2.20. The van der Waals surface area contributed by atoms with E-state index in [-0.39, 0.29) is 38.5 Å². The monoisotopic (exact) mass is 490 g/mol. The fourth-order valence-corrected chi connectivity index (χ4v) is 4.46. The molecular weight excluding hydrogens is 471 g/mol. The van der Waals surface area contributed by atoms with Crippen molar-refractivity contribution in [1.29, 1.82) is 0 Å². The highest BCUT2D eigenvalue weighted by molar-refractivity contribution is 7.17. The van der Waals surface area contributed by atoms with Crippen molar-refractivity contribution < 1.29 is 23.5 Å². The number of aromatic nitrogens is 3. The molecule has 4 rings (SSSR count). The summed E-state index contributed by atoms with van der Waals surface area (Å²) in [4.78, 5) is 38.2. The molecule has 0 saturated carbocycles. The minimum atomic E-state index is -0.815. The average Bonchev–Trinajstić information content (AvgIpc) is 3.29. The number of carbonyl (C=O) groups is 2. The first-order valence-electron chi connectivity index (χ1n) is 10.2. The minimum Gasteiger partial charge on any atom is -0.494 e. The molecule has 0 radical (unpaired) electrons. The molecule has 1 amide bonds. The van der Waals surface area contributed by atoms with E-state index >= 15 is 0 Å². The van der Waals surface area contributed by atoms with Crippen LogP contribution in [-0.4, -0.2) is 46.5 Å². The highest BCUT2D eigenvalue weighted by Crippen LogP contribution is 2.37. The van der Waals surface area contributed by atoms with Crippen molar-refractivity contribution >= 4 is 39.8 Å². The van der Waals surface area contributed by atoms with Crippen LogP contribution in [0.25, 0.3) is 11.1 Å². The summed E-state index contributed by atoms with van der Waals surface area (Å²) < 4.78 is 25.7. The number of thiazole rings is 1. The van der Waals surface area contributed by atoms with E-state index in [0.717, 1.165) is 24.2 Å². The minimum absolute atomic E-state index is 0.00222. The molecule has 1 aliphatic rings. The molecule has 3 aromatic heterocycles. The molecule has 1 saturated heterocycles. The molecule has 1 aliphatic heterocycles. The van der Waals surface area contributed by atoms with Crippen molar-refractivity contribution in [3.05, 3.63) is 51.8 Å². The molecular formula is C22H20ClFN4O4S. The molecule has 1 atom stereocenters. The summed E-state index contributed by atoms with van der Waals surface area (Å²) in [5.41, 5.74) is 0.879. The molecule has 0 aromatic carbocycles. The van der Waals surface area contributed by atoms with Crippen molar-refractivity contribution in [2.75, 3.05) is 19.0 Å². The van der Waals surface area contributed by atoms with Gasteiger partial charge in [-0.1, -0.05) is 22.9 Å². The third-order valence-corrected chi connectivity index (χ3v) is 6.35. The van der Waals surface area contributed by atoms with Crippen LogP contribution >= 0.6 is 22.9 Å². The molecule has 11 heteroatoms. The maximum absolute atomic E-state index is 14.9. The van der Waals surface area contributed by atoms with Crippen molar-refractivity contribution in [2.24, 2.45) is 0 Å². The third-order valence-electron chi connectivity index (χ3n) is 5.16. The number of hydrogen-bond donors (Lipinski definition) is 1. The normalized spacial score (nSPS) is 15.8. The SMILES string of the molecule is COc1cnc(Cl)c(F)c1-c1cc(C)ncc1C(=O)Nc1ncc(C(=O)[C@@H]2CCCCO2)s1. The van der Waals surface area contributed by atoms with E-state index in [9.17, 15) is 14.0 Å². The Morgan fingerprint density at radius 2 is 2.06 bits per heavy atom. The number of aryl methyl sites for hydroxylation is 1. The topological polar surface area (TPSA) is 103 Å². The first-order chi connectivity index (χ1) is 15.9. The Labute approximate surface area is 198 Å². The zero-order valence-corrected chi connectivity index (χ0v) is 19.4. The number of rotatable bonds is 6. The van der Waals surface area contributed by atoms with Gasteiger partial charge in [0.15, 0.2) is 16.1 Å². The van der Waals surface area contributed by atoms with E-state index in [0.29, 0.717) is 23.6 Å². The lowest BCUT2D eigenvalue weighted by Crippen LogP contribution is -2.27. The summed E-state index contributed by atoms with van der Waals surface area (Å²) in [6.45, 7) is 2.27. The summed E-state index contributed by atoms with van der Waals surface area (Å²) in [6, 6.07) is 1.56. The number of Topliss-reactive ketones (excluding diaryl/α,β-unsaturated/α-hetero) is 1. The molecule has 33 heavy (non-hydrogen) atoms. The number of carbonyl (C=O) groups excluding carboxylic acids is 2. The lowest BCUT2D eigenvalue weighted by molar-refractivity contribution is 0.0189. The predicted molar refractivity (Wildman–Crippen MR) is 122 cm³/mol. The first-order valence-corrected chi connectivity index (χ1v) is 11.4. The van der Waals surface area contributed by atoms with Gasteiger partial charge in [-0.25, -0.2) is 14.4 Å². The van der Waals surface area contributed by atoms with E-state index in [1.807, 2.05) is 0 Å². The number of methoxy groups -OCH3 is 1. The second-order valence-electron chi connectivity index (χ2n) is 7.38. The van der Waals surface area contributed by atoms with Crippen molar-refractivity contribution in [3.63, 3.8) is 0 Å². The summed E-state index contributed by atoms with van der Waals surface area (Å²) in [7, 11) is 1.37. The Balaban J connectivity index is 1.63. The van der Waals surface area contributed by atoms with Crippen LogP contribution < -0.4 is 10.1 Å². The van der Waals surface area contributed by atoms with Crippen LogP contribution in [0, 0.1) is 12.7 Å². The Kier molecular flexibility index (Phi) is 6.96. The second kappa shape index (κ2) is 9.90. The van der Waals surface area contributed by atoms with Crippen LogP contribution in [0.15, 0.2) is 24.7 Å². The zero-order valence-electron chi connectivity index (χ0n) is 17.9. The molecule has 0 unspecified atom stereocenters. The van der Waals surface area contributed by atoms with Crippen LogP contribution in [0.4, 0.5) is 9.52 Å². The van der Waals surface area contributed by atoms with Crippen molar-refractivity contribution in [1.82, 2.24) is 15.0 Å². The Morgan fingerprint density at radius 3 is 2.79 bits per heavy atom. The lowest BCUT2D eigenvalue weighted by atomic mass is 10.00. The zero-order chi connectivity index (χ0) is 23.5. The van der Waals surface area contributed by atoms with E-state index in [1.165, 1.54) is 25.7 Å². The first kappa shape index (κ1) is 23.2. The average molecular weight is 491 g/mol. The van der Waals surface area contributed by atoms with Crippen LogP contribution in [0.5, 0.6) is 5.75 Å². The maximum atomic E-state index is 14.9. The molecule has 8 nitrogen and oxygen atoms in total. The number of hydrogen-bond acceptors (Lipinski definition) is 8. The number of anilines is 1. The number of nitrogens with one attached hydrogen (secondary N) is 1. The molecule has 172 valence electrons. The van der Waals surface area contributed by atoms with Gasteiger partial charge in [0.25, 0.3) is 5.91 Å². The van der Waals surface area contributed by atoms with Gasteiger partial charge in [-0.05, 0) is 32.3 Å². The molecule has 4 heterocycles. The van der Waals surface area contributed by atoms with E-state index in [4.69, 9.17) is 21.1 Å². The molecule has 0 bridgehead atoms. The van der Waals surface area contributed by atoms with E-state index < -0.39 is 17.8 Å². The smallest absolute Gasteiger partial charge is 0.259 e. The van der Waals surface area contributed by atoms with Crippen molar-refractivity contribution in [3.8, 4) is 16.9 Å². The Morgan fingerprint density at radius 1 is 1.24 bits per heavy atom. The highest BCUT2D eigenvalue weighted by Gasteiger charge is 2.26. The molecule has 0 spiro atoms. The van der Waals surface area contributed by atoms with Crippen molar-refractivity contribution in [2.45, 2.75) is 32.3 Å². The molecule has 1 fully saturated rings. The van der Waals surface area contributed by atoms with Crippen LogP contribution in [0.3, 0.4) is 0 Å². The Bertz CT molecular complexity index is 1210. The van der Waals surface area contributed by atoms with E-state index in [2.05, 4.69) is 20.3 Å². The van der Waals surface area contributed by atoms with Gasteiger partial charge in [0, 0.05) is 24.1 Å². The number of ketones is 1. The largest absolute Gasteiger partial charge is 0.494 e. The van der Waals surface area contributed by atoms with Gasteiger partial charge in [-0.15, -0.1) is 0 Å². The second-order valence-corrected chi connectivity index (χ2v) is 8.77. The van der Waals surface area contributed by atoms with Crippen LogP contribution in [0.1, 0.15) is 45.0 Å². The summed E-state index contributed by atoms with van der Waals surface area (Å²) in [5.74, 6) is -1.42. The summed E-state index contributed by atoms with van der Waals surface area (Å²) in [5, 5.41) is 2.54. The van der Waals surface area contributed by atoms with Gasteiger partial charge < -0.3 is 9.47 Å². The quantitative estimate of drug-likeness (QED) is 0.394. The molecule has 3 aromatic rings. The van der Waals surface area contributed by atoms with Gasteiger partial charge in [0.05, 0.1) is 35.5 Å². The Hall–Kier alpha value is -2.95. The number of ether oxygens (including phenoxy) is 2. The number of amides is 1. The van der Waals surface area contributed by atoms with Gasteiger partial charge >= 0.3 is 0 Å². The van der Waals surface area contributed by atoms with Gasteiger partial charge in [-0.3, -0.25) is 19.9 Å².